The first-order valence-electron chi connectivity index (χ1n) is 8.19. The minimum atomic E-state index is -0.665. The highest BCUT2D eigenvalue weighted by molar-refractivity contribution is 5.94. The smallest absolute Gasteiger partial charge is 0.254 e. The van der Waals surface area contributed by atoms with Gasteiger partial charge in [-0.3, -0.25) is 19.6 Å². The second-order valence-electron chi connectivity index (χ2n) is 5.94. The van der Waals surface area contributed by atoms with Crippen LogP contribution < -0.4 is 5.32 Å². The number of halogens is 1. The van der Waals surface area contributed by atoms with Crippen molar-refractivity contribution in [2.75, 3.05) is 13.1 Å². The van der Waals surface area contributed by atoms with Crippen LogP contribution in [0, 0.1) is 11.7 Å². The summed E-state index contributed by atoms with van der Waals surface area (Å²) in [5.74, 6) is -1.22. The number of hydrogen-bond acceptors (Lipinski definition) is 4. The van der Waals surface area contributed by atoms with E-state index in [1.54, 1.807) is 17.3 Å². The van der Waals surface area contributed by atoms with Crippen molar-refractivity contribution in [3.8, 4) is 0 Å². The van der Waals surface area contributed by atoms with Crippen molar-refractivity contribution in [3.63, 3.8) is 0 Å². The molecule has 2 aromatic heterocycles. The summed E-state index contributed by atoms with van der Waals surface area (Å²) < 4.78 is 13.7. The van der Waals surface area contributed by atoms with E-state index in [0.717, 1.165) is 11.8 Å². The number of amides is 2. The molecule has 2 amide bonds. The maximum Gasteiger partial charge on any atom is 0.254 e. The zero-order chi connectivity index (χ0) is 17.8. The molecule has 3 rings (SSSR count). The molecule has 0 bridgehead atoms. The average molecular weight is 342 g/mol. The number of likely N-dealkylation sites (tertiary alicyclic amines) is 1. The highest BCUT2D eigenvalue weighted by atomic mass is 19.1. The predicted molar refractivity (Wildman–Crippen MR) is 89.0 cm³/mol. The highest BCUT2D eigenvalue weighted by Crippen LogP contribution is 2.37. The van der Waals surface area contributed by atoms with Crippen LogP contribution in [0.1, 0.15) is 35.3 Å². The lowest BCUT2D eigenvalue weighted by atomic mass is 9.94. The summed E-state index contributed by atoms with van der Waals surface area (Å²) in [7, 11) is 0. The van der Waals surface area contributed by atoms with Gasteiger partial charge < -0.3 is 10.2 Å². The second-order valence-corrected chi connectivity index (χ2v) is 5.94. The Balaban J connectivity index is 1.75. The molecule has 1 fully saturated rings. The molecule has 2 aromatic rings. The van der Waals surface area contributed by atoms with Gasteiger partial charge in [-0.15, -0.1) is 0 Å². The van der Waals surface area contributed by atoms with Crippen molar-refractivity contribution in [1.29, 1.82) is 0 Å². The van der Waals surface area contributed by atoms with E-state index in [0.29, 0.717) is 13.0 Å². The summed E-state index contributed by atoms with van der Waals surface area (Å²) in [5, 5.41) is 2.74. The number of carbonyl (C=O) groups excluding carboxylic acids is 2. The van der Waals surface area contributed by atoms with Gasteiger partial charge in [-0.05, 0) is 24.6 Å². The van der Waals surface area contributed by atoms with Crippen LogP contribution in [0.2, 0.25) is 0 Å². The summed E-state index contributed by atoms with van der Waals surface area (Å²) in [6, 6.07) is 4.94. The molecule has 130 valence electrons. The standard InChI is InChI=1S/C18H19FN4O2/c1-2-23-16(24)8-13(17(23)12-4-3-6-20-9-12)10-22-18(25)14-5-7-21-11-15(14)19/h3-7,9,11,13,17H,2,8,10H2,1H3,(H,22,25)/t13-,17-/m0/s1. The van der Waals surface area contributed by atoms with Crippen LogP contribution in [0.3, 0.4) is 0 Å². The van der Waals surface area contributed by atoms with E-state index in [1.807, 2.05) is 19.1 Å². The van der Waals surface area contributed by atoms with E-state index >= 15 is 0 Å². The summed E-state index contributed by atoms with van der Waals surface area (Å²) in [4.78, 5) is 34.1. The third kappa shape index (κ3) is 3.50. The van der Waals surface area contributed by atoms with Gasteiger partial charge in [0.15, 0.2) is 5.82 Å². The van der Waals surface area contributed by atoms with Gasteiger partial charge in [0.2, 0.25) is 5.91 Å². The molecule has 0 aliphatic carbocycles. The Labute approximate surface area is 145 Å². The SMILES string of the molecule is CCN1C(=O)C[C@@H](CNC(=O)c2ccncc2F)[C@@H]1c1cccnc1. The molecular weight excluding hydrogens is 323 g/mol. The Morgan fingerprint density at radius 2 is 2.12 bits per heavy atom. The lowest BCUT2D eigenvalue weighted by molar-refractivity contribution is -0.128. The first-order chi connectivity index (χ1) is 12.1. The Hall–Kier alpha value is -2.83. The topological polar surface area (TPSA) is 75.2 Å². The van der Waals surface area contributed by atoms with Gasteiger partial charge in [0.1, 0.15) is 0 Å². The largest absolute Gasteiger partial charge is 0.352 e. The fourth-order valence-corrected chi connectivity index (χ4v) is 3.30. The molecule has 0 radical (unpaired) electrons. The maximum absolute atomic E-state index is 13.7. The Morgan fingerprint density at radius 3 is 2.80 bits per heavy atom. The molecule has 0 aromatic carbocycles. The van der Waals surface area contributed by atoms with E-state index < -0.39 is 11.7 Å². The van der Waals surface area contributed by atoms with Gasteiger partial charge >= 0.3 is 0 Å². The third-order valence-corrected chi connectivity index (χ3v) is 4.45. The van der Waals surface area contributed by atoms with Crippen LogP contribution in [0.15, 0.2) is 43.0 Å². The van der Waals surface area contributed by atoms with Crippen molar-refractivity contribution < 1.29 is 14.0 Å². The van der Waals surface area contributed by atoms with E-state index in [4.69, 9.17) is 0 Å². The molecule has 25 heavy (non-hydrogen) atoms. The predicted octanol–water partition coefficient (Wildman–Crippen LogP) is 1.96. The third-order valence-electron chi connectivity index (χ3n) is 4.45. The minimum absolute atomic E-state index is 0.0469. The molecule has 0 spiro atoms. The summed E-state index contributed by atoms with van der Waals surface area (Å²) in [6.07, 6.45) is 6.13. The lowest BCUT2D eigenvalue weighted by Crippen LogP contribution is -2.34. The van der Waals surface area contributed by atoms with Crippen LogP contribution in [-0.4, -0.2) is 39.8 Å². The van der Waals surface area contributed by atoms with Gasteiger partial charge in [-0.25, -0.2) is 4.39 Å². The Kier molecular flexibility index (Phi) is 5.02. The minimum Gasteiger partial charge on any atom is -0.352 e. The Morgan fingerprint density at radius 1 is 1.32 bits per heavy atom. The fraction of sp³-hybridized carbons (Fsp3) is 0.333. The van der Waals surface area contributed by atoms with Crippen LogP contribution in [0.5, 0.6) is 0 Å². The van der Waals surface area contributed by atoms with E-state index in [9.17, 15) is 14.0 Å². The van der Waals surface area contributed by atoms with Crippen molar-refractivity contribution >= 4 is 11.8 Å². The number of hydrogen-bond donors (Lipinski definition) is 1. The normalized spacial score (nSPS) is 19.9. The molecule has 2 atom stereocenters. The number of nitrogens with zero attached hydrogens (tertiary/aromatic N) is 3. The average Bonchev–Trinajstić information content (AvgIpc) is 2.96. The molecule has 3 heterocycles. The molecule has 1 aliphatic rings. The number of carbonyl (C=O) groups is 2. The molecular formula is C18H19FN4O2. The number of aromatic nitrogens is 2. The maximum atomic E-state index is 13.7. The molecule has 1 saturated heterocycles. The van der Waals surface area contributed by atoms with Crippen LogP contribution >= 0.6 is 0 Å². The Bertz CT molecular complexity index is 769. The first kappa shape index (κ1) is 17.0. The lowest BCUT2D eigenvalue weighted by Gasteiger charge is -2.27. The molecule has 1 aliphatic heterocycles. The summed E-state index contributed by atoms with van der Waals surface area (Å²) >= 11 is 0. The van der Waals surface area contributed by atoms with E-state index in [1.165, 1.54) is 12.3 Å². The fourth-order valence-electron chi connectivity index (χ4n) is 3.30. The van der Waals surface area contributed by atoms with Crippen molar-refractivity contribution in [2.45, 2.75) is 19.4 Å². The second kappa shape index (κ2) is 7.38. The van der Waals surface area contributed by atoms with Gasteiger partial charge in [0.25, 0.3) is 5.91 Å². The molecule has 6 nitrogen and oxygen atoms in total. The quantitative estimate of drug-likeness (QED) is 0.901. The van der Waals surface area contributed by atoms with Crippen molar-refractivity contribution in [1.82, 2.24) is 20.2 Å². The number of rotatable bonds is 5. The molecule has 1 N–H and O–H groups in total. The number of nitrogens with one attached hydrogen (secondary N) is 1. The van der Waals surface area contributed by atoms with Crippen molar-refractivity contribution in [2.24, 2.45) is 5.92 Å². The van der Waals surface area contributed by atoms with Crippen molar-refractivity contribution in [3.05, 3.63) is 59.9 Å². The zero-order valence-electron chi connectivity index (χ0n) is 13.9. The van der Waals surface area contributed by atoms with Crippen LogP contribution in [0.25, 0.3) is 0 Å². The van der Waals surface area contributed by atoms with E-state index in [2.05, 4.69) is 15.3 Å². The van der Waals surface area contributed by atoms with Gasteiger partial charge in [-0.2, -0.15) is 0 Å². The highest BCUT2D eigenvalue weighted by Gasteiger charge is 2.39. The van der Waals surface area contributed by atoms with Gasteiger partial charge in [0, 0.05) is 44.0 Å². The van der Waals surface area contributed by atoms with Gasteiger partial charge in [0.05, 0.1) is 17.8 Å². The van der Waals surface area contributed by atoms with E-state index in [-0.39, 0.29) is 30.0 Å². The van der Waals surface area contributed by atoms with Crippen LogP contribution in [-0.2, 0) is 4.79 Å². The molecule has 0 saturated carbocycles. The monoisotopic (exact) mass is 342 g/mol. The van der Waals surface area contributed by atoms with Gasteiger partial charge in [-0.1, -0.05) is 6.07 Å². The summed E-state index contributed by atoms with van der Waals surface area (Å²) in [5.41, 5.74) is 0.883. The van der Waals surface area contributed by atoms with Crippen LogP contribution in [0.4, 0.5) is 4.39 Å². The zero-order valence-corrected chi connectivity index (χ0v) is 13.9. The molecule has 0 unspecified atom stereocenters. The number of pyridine rings is 2. The summed E-state index contributed by atoms with van der Waals surface area (Å²) in [6.45, 7) is 2.79. The first-order valence-corrected chi connectivity index (χ1v) is 8.19. The molecule has 7 heteroatoms.